The van der Waals surface area contributed by atoms with E-state index < -0.39 is 0 Å². The first-order valence-electron chi connectivity index (χ1n) is 9.30. The van der Waals surface area contributed by atoms with Crippen molar-refractivity contribution in [3.05, 3.63) is 18.2 Å². The maximum atomic E-state index is 8.98. The quantitative estimate of drug-likeness (QED) is 0.438. The molecule has 0 saturated carbocycles. The lowest BCUT2D eigenvalue weighted by Gasteiger charge is -2.34. The number of β-amino-alcohol motifs (C(OH)–C–C–N with tert-alkyl or cyclic N) is 1. The molecular formula is C18H31N5O2. The Bertz CT molecular complexity index is 534. The van der Waals surface area contributed by atoms with Crippen molar-refractivity contribution in [2.24, 2.45) is 0 Å². The Balaban J connectivity index is 1.32. The van der Waals surface area contributed by atoms with Crippen LogP contribution in [0.1, 0.15) is 0 Å². The smallest absolute Gasteiger partial charge is 0.144 e. The molecule has 4 N–H and O–H groups in total. The number of rotatable bonds is 8. The Hall–Kier alpha value is -1.54. The molecule has 0 radical (unpaired) electrons. The highest BCUT2D eigenvalue weighted by atomic mass is 16.5. The van der Waals surface area contributed by atoms with Crippen LogP contribution >= 0.6 is 0 Å². The van der Waals surface area contributed by atoms with E-state index in [1.165, 1.54) is 0 Å². The number of aliphatic hydroxyl groups is 1. The second-order valence-corrected chi connectivity index (χ2v) is 6.72. The van der Waals surface area contributed by atoms with E-state index in [0.717, 1.165) is 82.6 Å². The third kappa shape index (κ3) is 5.22. The van der Waals surface area contributed by atoms with Gasteiger partial charge in [0.15, 0.2) is 0 Å². The summed E-state index contributed by atoms with van der Waals surface area (Å²) in [6.07, 6.45) is 0. The molecule has 2 aliphatic rings. The van der Waals surface area contributed by atoms with Crippen LogP contribution < -0.4 is 20.7 Å². The monoisotopic (exact) mass is 349 g/mol. The minimum Gasteiger partial charge on any atom is -0.489 e. The number of ether oxygens (including phenoxy) is 1. The van der Waals surface area contributed by atoms with Crippen LogP contribution in [0.2, 0.25) is 0 Å². The van der Waals surface area contributed by atoms with Gasteiger partial charge < -0.3 is 25.8 Å². The van der Waals surface area contributed by atoms with E-state index in [0.29, 0.717) is 6.61 Å². The normalized spacial score (nSPS) is 18.8. The molecule has 1 aromatic rings. The van der Waals surface area contributed by atoms with Gasteiger partial charge in [0.25, 0.3) is 0 Å². The number of hydrogen-bond donors (Lipinski definition) is 3. The number of benzene rings is 1. The zero-order valence-electron chi connectivity index (χ0n) is 15.0. The van der Waals surface area contributed by atoms with Crippen LogP contribution in [0.4, 0.5) is 11.4 Å². The summed E-state index contributed by atoms with van der Waals surface area (Å²) in [5, 5.41) is 12.5. The number of aliphatic hydroxyl groups excluding tert-OH is 1. The Morgan fingerprint density at radius 3 is 2.48 bits per heavy atom. The fraction of sp³-hybridized carbons (Fsp3) is 0.667. The molecule has 0 amide bonds. The van der Waals surface area contributed by atoms with E-state index in [1.807, 2.05) is 12.1 Å². The van der Waals surface area contributed by atoms with Crippen molar-refractivity contribution in [3.8, 4) is 5.75 Å². The molecule has 0 aromatic heterocycles. The van der Waals surface area contributed by atoms with Crippen molar-refractivity contribution in [3.63, 3.8) is 0 Å². The van der Waals surface area contributed by atoms with E-state index in [1.54, 1.807) is 0 Å². The van der Waals surface area contributed by atoms with Crippen LogP contribution in [0, 0.1) is 0 Å². The van der Waals surface area contributed by atoms with E-state index in [-0.39, 0.29) is 6.61 Å². The standard InChI is InChI=1S/C18H31N5O2/c19-16-1-2-17-18(15-16)25-14-12-23(17)6-4-20-3-5-21-7-9-22(10-8-21)11-13-24/h1-2,15,20,24H,3-14,19H2. The van der Waals surface area contributed by atoms with Gasteiger partial charge >= 0.3 is 0 Å². The van der Waals surface area contributed by atoms with E-state index in [9.17, 15) is 0 Å². The summed E-state index contributed by atoms with van der Waals surface area (Å²) >= 11 is 0. The lowest BCUT2D eigenvalue weighted by molar-refractivity contribution is 0.113. The number of nitrogens with zero attached hydrogens (tertiary/aromatic N) is 3. The van der Waals surface area contributed by atoms with Gasteiger partial charge in [-0.15, -0.1) is 0 Å². The van der Waals surface area contributed by atoms with Gasteiger partial charge in [-0.2, -0.15) is 0 Å². The molecule has 1 aromatic carbocycles. The van der Waals surface area contributed by atoms with Crippen LogP contribution in [-0.2, 0) is 0 Å². The molecule has 0 atom stereocenters. The van der Waals surface area contributed by atoms with Crippen molar-refractivity contribution in [2.75, 3.05) is 89.3 Å². The first-order chi connectivity index (χ1) is 12.3. The number of nitrogen functional groups attached to an aromatic ring is 1. The molecule has 3 rings (SSSR count). The lowest BCUT2D eigenvalue weighted by Crippen LogP contribution is -2.49. The molecule has 0 unspecified atom stereocenters. The number of hydrogen-bond acceptors (Lipinski definition) is 7. The highest BCUT2D eigenvalue weighted by Crippen LogP contribution is 2.32. The Kier molecular flexibility index (Phi) is 6.75. The largest absolute Gasteiger partial charge is 0.489 e. The van der Waals surface area contributed by atoms with Crippen molar-refractivity contribution in [1.82, 2.24) is 15.1 Å². The third-order valence-corrected chi connectivity index (χ3v) is 4.99. The van der Waals surface area contributed by atoms with Crippen LogP contribution in [0.3, 0.4) is 0 Å². The van der Waals surface area contributed by atoms with E-state index in [2.05, 4.69) is 26.1 Å². The van der Waals surface area contributed by atoms with Gasteiger partial charge in [0.2, 0.25) is 0 Å². The summed E-state index contributed by atoms with van der Waals surface area (Å²) in [6, 6.07) is 5.89. The van der Waals surface area contributed by atoms with Gasteiger partial charge in [0.1, 0.15) is 12.4 Å². The van der Waals surface area contributed by atoms with Crippen molar-refractivity contribution < 1.29 is 9.84 Å². The Morgan fingerprint density at radius 2 is 1.72 bits per heavy atom. The molecule has 2 aliphatic heterocycles. The predicted molar refractivity (Wildman–Crippen MR) is 101 cm³/mol. The maximum absolute atomic E-state index is 8.98. The Morgan fingerprint density at radius 1 is 1.00 bits per heavy atom. The van der Waals surface area contributed by atoms with Gasteiger partial charge in [-0.3, -0.25) is 9.80 Å². The number of anilines is 2. The molecule has 7 heteroatoms. The summed E-state index contributed by atoms with van der Waals surface area (Å²) in [6.45, 7) is 11.1. The summed E-state index contributed by atoms with van der Waals surface area (Å²) in [4.78, 5) is 7.18. The predicted octanol–water partition coefficient (Wildman–Crippen LogP) is -0.333. The zero-order chi connectivity index (χ0) is 17.5. The SMILES string of the molecule is Nc1ccc2c(c1)OCCN2CCNCCN1CCN(CCO)CC1. The number of fused-ring (bicyclic) bond motifs is 1. The number of piperazine rings is 1. The molecule has 25 heavy (non-hydrogen) atoms. The minimum absolute atomic E-state index is 0.263. The molecule has 7 nitrogen and oxygen atoms in total. The van der Waals surface area contributed by atoms with Gasteiger partial charge in [0, 0.05) is 70.7 Å². The summed E-state index contributed by atoms with van der Waals surface area (Å²) in [7, 11) is 0. The molecule has 0 bridgehead atoms. The fourth-order valence-electron chi connectivity index (χ4n) is 3.48. The molecular weight excluding hydrogens is 318 g/mol. The van der Waals surface area contributed by atoms with E-state index in [4.69, 9.17) is 15.6 Å². The van der Waals surface area contributed by atoms with Crippen molar-refractivity contribution >= 4 is 11.4 Å². The lowest BCUT2D eigenvalue weighted by atomic mass is 10.2. The second kappa shape index (κ2) is 9.24. The van der Waals surface area contributed by atoms with Crippen LogP contribution in [0.25, 0.3) is 0 Å². The highest BCUT2D eigenvalue weighted by Gasteiger charge is 2.18. The van der Waals surface area contributed by atoms with Crippen molar-refractivity contribution in [1.29, 1.82) is 0 Å². The van der Waals surface area contributed by atoms with Crippen LogP contribution in [0.15, 0.2) is 18.2 Å². The van der Waals surface area contributed by atoms with Crippen LogP contribution in [-0.4, -0.2) is 93.6 Å². The molecule has 1 fully saturated rings. The average molecular weight is 349 g/mol. The summed E-state index contributed by atoms with van der Waals surface area (Å²) < 4.78 is 5.70. The van der Waals surface area contributed by atoms with Gasteiger partial charge in [-0.25, -0.2) is 0 Å². The molecule has 2 heterocycles. The maximum Gasteiger partial charge on any atom is 0.144 e. The van der Waals surface area contributed by atoms with Crippen molar-refractivity contribution in [2.45, 2.75) is 0 Å². The second-order valence-electron chi connectivity index (χ2n) is 6.72. The first kappa shape index (κ1) is 18.3. The van der Waals surface area contributed by atoms with E-state index >= 15 is 0 Å². The zero-order valence-corrected chi connectivity index (χ0v) is 15.0. The topological polar surface area (TPSA) is 77.2 Å². The summed E-state index contributed by atoms with van der Waals surface area (Å²) in [5.41, 5.74) is 7.72. The Labute approximate surface area is 150 Å². The molecule has 0 spiro atoms. The van der Waals surface area contributed by atoms with Gasteiger partial charge in [-0.05, 0) is 12.1 Å². The van der Waals surface area contributed by atoms with Gasteiger partial charge in [-0.1, -0.05) is 0 Å². The fourth-order valence-corrected chi connectivity index (χ4v) is 3.48. The molecule has 140 valence electrons. The number of nitrogens with two attached hydrogens (primary N) is 1. The average Bonchev–Trinajstić information content (AvgIpc) is 2.63. The van der Waals surface area contributed by atoms with Gasteiger partial charge in [0.05, 0.1) is 18.8 Å². The third-order valence-electron chi connectivity index (χ3n) is 4.99. The molecule has 1 saturated heterocycles. The summed E-state index contributed by atoms with van der Waals surface area (Å²) in [5.74, 6) is 0.895. The molecule has 0 aliphatic carbocycles. The highest BCUT2D eigenvalue weighted by molar-refractivity contribution is 5.65. The van der Waals surface area contributed by atoms with Crippen LogP contribution in [0.5, 0.6) is 5.75 Å². The minimum atomic E-state index is 0.263. The first-order valence-corrected chi connectivity index (χ1v) is 9.30. The number of nitrogens with one attached hydrogen (secondary N) is 1.